The first-order valence-electron chi connectivity index (χ1n) is 6.08. The third-order valence-electron chi connectivity index (χ3n) is 3.21. The zero-order chi connectivity index (χ0) is 11.7. The van der Waals surface area contributed by atoms with Crippen LogP contribution < -0.4 is 0 Å². The summed E-state index contributed by atoms with van der Waals surface area (Å²) in [5, 5.41) is 0. The monoisotopic (exact) mass is 248 g/mol. The van der Waals surface area contributed by atoms with Crippen LogP contribution in [0.25, 0.3) is 0 Å². The van der Waals surface area contributed by atoms with Crippen LogP contribution in [0.2, 0.25) is 0 Å². The van der Waals surface area contributed by atoms with Gasteiger partial charge < -0.3 is 14.2 Å². The van der Waals surface area contributed by atoms with Crippen molar-refractivity contribution in [1.82, 2.24) is 0 Å². The Labute approximate surface area is 104 Å². The zero-order valence-electron chi connectivity index (χ0n) is 10.2. The summed E-state index contributed by atoms with van der Waals surface area (Å²) in [6, 6.07) is 0. The smallest absolute Gasteiger partial charge is 0.0701 e. The SMILES string of the molecule is COCCOCCOCC1(CS)CCCC1. The van der Waals surface area contributed by atoms with Gasteiger partial charge in [-0.25, -0.2) is 0 Å². The van der Waals surface area contributed by atoms with E-state index in [0.29, 0.717) is 31.8 Å². The molecule has 1 saturated carbocycles. The Kier molecular flexibility index (Phi) is 7.45. The summed E-state index contributed by atoms with van der Waals surface area (Å²) < 4.78 is 15.9. The van der Waals surface area contributed by atoms with Gasteiger partial charge in [0.05, 0.1) is 33.0 Å². The fourth-order valence-electron chi connectivity index (χ4n) is 2.12. The van der Waals surface area contributed by atoms with Gasteiger partial charge in [0.1, 0.15) is 0 Å². The molecule has 0 aromatic carbocycles. The molecule has 0 heterocycles. The van der Waals surface area contributed by atoms with Crippen molar-refractivity contribution < 1.29 is 14.2 Å². The summed E-state index contributed by atoms with van der Waals surface area (Å²) in [6.45, 7) is 3.48. The van der Waals surface area contributed by atoms with Crippen molar-refractivity contribution in [2.24, 2.45) is 5.41 Å². The van der Waals surface area contributed by atoms with E-state index in [1.807, 2.05) is 0 Å². The minimum Gasteiger partial charge on any atom is -0.382 e. The number of ether oxygens (including phenoxy) is 3. The first kappa shape index (κ1) is 14.3. The second-order valence-corrected chi connectivity index (χ2v) is 4.84. The molecule has 1 fully saturated rings. The number of hydrogen-bond acceptors (Lipinski definition) is 4. The lowest BCUT2D eigenvalue weighted by atomic mass is 9.90. The number of rotatable bonds is 9. The number of methoxy groups -OCH3 is 1. The van der Waals surface area contributed by atoms with Crippen LogP contribution in [-0.2, 0) is 14.2 Å². The van der Waals surface area contributed by atoms with Gasteiger partial charge in [-0.1, -0.05) is 12.8 Å². The summed E-state index contributed by atoms with van der Waals surface area (Å²) in [5.41, 5.74) is 0.343. The van der Waals surface area contributed by atoms with Gasteiger partial charge in [-0.2, -0.15) is 12.6 Å². The second kappa shape index (κ2) is 8.34. The highest BCUT2D eigenvalue weighted by Gasteiger charge is 2.32. The third-order valence-corrected chi connectivity index (χ3v) is 3.88. The minimum atomic E-state index is 0.343. The predicted octanol–water partition coefficient (Wildman–Crippen LogP) is 2.16. The maximum Gasteiger partial charge on any atom is 0.0701 e. The van der Waals surface area contributed by atoms with Crippen LogP contribution in [0.1, 0.15) is 25.7 Å². The molecule has 1 aliphatic carbocycles. The quantitative estimate of drug-likeness (QED) is 0.500. The van der Waals surface area contributed by atoms with E-state index in [4.69, 9.17) is 14.2 Å². The summed E-state index contributed by atoms with van der Waals surface area (Å²) in [4.78, 5) is 0. The molecule has 0 aromatic rings. The van der Waals surface area contributed by atoms with Crippen LogP contribution in [0, 0.1) is 5.41 Å². The zero-order valence-corrected chi connectivity index (χ0v) is 11.1. The van der Waals surface area contributed by atoms with Gasteiger partial charge >= 0.3 is 0 Å². The molecule has 0 amide bonds. The molecule has 0 N–H and O–H groups in total. The van der Waals surface area contributed by atoms with Crippen LogP contribution in [-0.4, -0.2) is 45.9 Å². The van der Waals surface area contributed by atoms with E-state index in [0.717, 1.165) is 12.4 Å². The highest BCUT2D eigenvalue weighted by Crippen LogP contribution is 2.39. The van der Waals surface area contributed by atoms with Gasteiger partial charge in [0, 0.05) is 12.5 Å². The number of hydrogen-bond donors (Lipinski definition) is 1. The first-order valence-corrected chi connectivity index (χ1v) is 6.71. The second-order valence-electron chi connectivity index (χ2n) is 4.52. The van der Waals surface area contributed by atoms with Gasteiger partial charge in [-0.15, -0.1) is 0 Å². The highest BCUT2D eigenvalue weighted by atomic mass is 32.1. The van der Waals surface area contributed by atoms with Gasteiger partial charge in [0.25, 0.3) is 0 Å². The lowest BCUT2D eigenvalue weighted by molar-refractivity contribution is 0.00111. The fraction of sp³-hybridized carbons (Fsp3) is 1.00. The van der Waals surface area contributed by atoms with Crippen LogP contribution in [0.15, 0.2) is 0 Å². The van der Waals surface area contributed by atoms with Crippen molar-refractivity contribution in [3.63, 3.8) is 0 Å². The average molecular weight is 248 g/mol. The Morgan fingerprint density at radius 1 is 1.00 bits per heavy atom. The highest BCUT2D eigenvalue weighted by molar-refractivity contribution is 7.80. The summed E-state index contributed by atoms with van der Waals surface area (Å²) in [7, 11) is 1.68. The lowest BCUT2D eigenvalue weighted by Crippen LogP contribution is -2.26. The van der Waals surface area contributed by atoms with Crippen molar-refractivity contribution in [3.8, 4) is 0 Å². The van der Waals surface area contributed by atoms with E-state index in [1.165, 1.54) is 25.7 Å². The van der Waals surface area contributed by atoms with E-state index in [2.05, 4.69) is 12.6 Å². The Hall–Kier alpha value is 0.230. The molecule has 0 unspecified atom stereocenters. The molecular weight excluding hydrogens is 224 g/mol. The molecule has 96 valence electrons. The standard InChI is InChI=1S/C12H24O3S/c1-13-6-7-14-8-9-15-10-12(11-16)4-2-3-5-12/h16H,2-11H2,1H3. The van der Waals surface area contributed by atoms with E-state index < -0.39 is 0 Å². The van der Waals surface area contributed by atoms with Crippen molar-refractivity contribution >= 4 is 12.6 Å². The normalized spacial score (nSPS) is 19.1. The molecule has 4 heteroatoms. The van der Waals surface area contributed by atoms with Crippen molar-refractivity contribution in [2.75, 3.05) is 45.9 Å². The van der Waals surface area contributed by atoms with E-state index in [9.17, 15) is 0 Å². The van der Waals surface area contributed by atoms with Gasteiger partial charge in [-0.05, 0) is 18.6 Å². The molecule has 0 aliphatic heterocycles. The number of thiol groups is 1. The first-order chi connectivity index (χ1) is 7.83. The summed E-state index contributed by atoms with van der Waals surface area (Å²) in [6.07, 6.45) is 5.19. The topological polar surface area (TPSA) is 27.7 Å². The van der Waals surface area contributed by atoms with Crippen molar-refractivity contribution in [3.05, 3.63) is 0 Å². The van der Waals surface area contributed by atoms with E-state index in [1.54, 1.807) is 7.11 Å². The largest absolute Gasteiger partial charge is 0.382 e. The van der Waals surface area contributed by atoms with Crippen molar-refractivity contribution in [1.29, 1.82) is 0 Å². The summed E-state index contributed by atoms with van der Waals surface area (Å²) >= 11 is 4.44. The van der Waals surface area contributed by atoms with E-state index in [-0.39, 0.29) is 0 Å². The maximum atomic E-state index is 5.68. The molecule has 1 aliphatic rings. The van der Waals surface area contributed by atoms with Crippen molar-refractivity contribution in [2.45, 2.75) is 25.7 Å². The lowest BCUT2D eigenvalue weighted by Gasteiger charge is -2.26. The molecule has 0 bridgehead atoms. The molecule has 16 heavy (non-hydrogen) atoms. The molecule has 3 nitrogen and oxygen atoms in total. The molecule has 0 saturated heterocycles. The third kappa shape index (κ3) is 5.04. The predicted molar refractivity (Wildman–Crippen MR) is 68.3 cm³/mol. The molecule has 0 spiro atoms. The molecular formula is C12H24O3S. The molecule has 0 atom stereocenters. The Morgan fingerprint density at radius 2 is 1.62 bits per heavy atom. The van der Waals surface area contributed by atoms with Crippen LogP contribution in [0.5, 0.6) is 0 Å². The van der Waals surface area contributed by atoms with Gasteiger partial charge in [0.15, 0.2) is 0 Å². The molecule has 0 radical (unpaired) electrons. The van der Waals surface area contributed by atoms with Gasteiger partial charge in [-0.3, -0.25) is 0 Å². The average Bonchev–Trinajstić information content (AvgIpc) is 2.77. The molecule has 1 rings (SSSR count). The molecule has 0 aromatic heterocycles. The Balaban J connectivity index is 1.97. The van der Waals surface area contributed by atoms with Gasteiger partial charge in [0.2, 0.25) is 0 Å². The Bertz CT molecular complexity index is 170. The summed E-state index contributed by atoms with van der Waals surface area (Å²) in [5.74, 6) is 0.942. The van der Waals surface area contributed by atoms with Crippen LogP contribution in [0.4, 0.5) is 0 Å². The Morgan fingerprint density at radius 3 is 2.25 bits per heavy atom. The van der Waals surface area contributed by atoms with E-state index >= 15 is 0 Å². The fourth-order valence-corrected chi connectivity index (χ4v) is 2.53. The van der Waals surface area contributed by atoms with Crippen LogP contribution in [0.3, 0.4) is 0 Å². The van der Waals surface area contributed by atoms with Crippen LogP contribution >= 0.6 is 12.6 Å². The minimum absolute atomic E-state index is 0.343. The maximum absolute atomic E-state index is 5.68.